The molecule has 5 rings (SSSR count). The van der Waals surface area contributed by atoms with Crippen molar-refractivity contribution < 1.29 is 0 Å². The van der Waals surface area contributed by atoms with Gasteiger partial charge in [0.25, 0.3) is 0 Å². The molecule has 0 saturated carbocycles. The monoisotopic (exact) mass is 273 g/mol. The van der Waals surface area contributed by atoms with Crippen LogP contribution >= 0.6 is 11.3 Å². The number of para-hydroxylation sites is 1. The van der Waals surface area contributed by atoms with Gasteiger partial charge < -0.3 is 4.98 Å². The fraction of sp³-hybridized carbons (Fsp3) is 0. The topological polar surface area (TPSA) is 15.8 Å². The maximum absolute atomic E-state index is 3.61. The van der Waals surface area contributed by atoms with E-state index in [1.807, 2.05) is 11.3 Å². The molecule has 5 aromatic rings. The van der Waals surface area contributed by atoms with E-state index in [0.717, 1.165) is 0 Å². The molecule has 0 radical (unpaired) electrons. The van der Waals surface area contributed by atoms with Crippen LogP contribution in [-0.2, 0) is 0 Å². The lowest BCUT2D eigenvalue weighted by atomic mass is 10.0. The first-order chi connectivity index (χ1) is 9.93. The maximum atomic E-state index is 3.61. The number of thiophene rings is 1. The molecule has 0 bridgehead atoms. The van der Waals surface area contributed by atoms with Gasteiger partial charge in [-0.2, -0.15) is 0 Å². The van der Waals surface area contributed by atoms with Gasteiger partial charge >= 0.3 is 0 Å². The molecule has 3 aromatic carbocycles. The lowest BCUT2D eigenvalue weighted by Gasteiger charge is -2.03. The van der Waals surface area contributed by atoms with Crippen molar-refractivity contribution in [1.29, 1.82) is 0 Å². The first-order valence-electron chi connectivity index (χ1n) is 6.72. The van der Waals surface area contributed by atoms with Crippen molar-refractivity contribution in [3.8, 4) is 0 Å². The van der Waals surface area contributed by atoms with Crippen molar-refractivity contribution in [2.45, 2.75) is 0 Å². The Balaban J connectivity index is 2.26. The van der Waals surface area contributed by atoms with Crippen LogP contribution in [0, 0.1) is 0 Å². The van der Waals surface area contributed by atoms with Crippen LogP contribution in [0.25, 0.3) is 42.7 Å². The van der Waals surface area contributed by atoms with E-state index in [9.17, 15) is 0 Å². The fourth-order valence-corrected chi connectivity index (χ4v) is 4.21. The van der Waals surface area contributed by atoms with Gasteiger partial charge in [0, 0.05) is 31.8 Å². The van der Waals surface area contributed by atoms with E-state index >= 15 is 0 Å². The summed E-state index contributed by atoms with van der Waals surface area (Å²) < 4.78 is 1.39. The average molecular weight is 273 g/mol. The predicted octanol–water partition coefficient (Wildman–Crippen LogP) is 5.69. The SMILES string of the molecule is c1ccc2c(c1)[nH]c1c3ccccc3c3ccsc3c21. The standard InChI is InChI=1S/C18H11NS/c1-2-6-12-11(5-1)13-9-10-20-18(13)16-14-7-3-4-8-15(14)19-17(12)16/h1-10,19H. The summed E-state index contributed by atoms with van der Waals surface area (Å²) in [7, 11) is 0. The summed E-state index contributed by atoms with van der Waals surface area (Å²) >= 11 is 1.83. The van der Waals surface area contributed by atoms with Crippen molar-refractivity contribution in [3.05, 3.63) is 60.0 Å². The van der Waals surface area contributed by atoms with E-state index in [2.05, 4.69) is 65.0 Å². The molecule has 1 nitrogen and oxygen atoms in total. The van der Waals surface area contributed by atoms with E-state index in [-0.39, 0.29) is 0 Å². The lowest BCUT2D eigenvalue weighted by Crippen LogP contribution is -1.76. The van der Waals surface area contributed by atoms with Gasteiger partial charge in [-0.1, -0.05) is 42.5 Å². The molecule has 94 valence electrons. The molecule has 0 fully saturated rings. The van der Waals surface area contributed by atoms with E-state index in [1.165, 1.54) is 42.7 Å². The van der Waals surface area contributed by atoms with Crippen LogP contribution in [-0.4, -0.2) is 4.98 Å². The number of hydrogen-bond donors (Lipinski definition) is 1. The Bertz CT molecular complexity index is 1100. The van der Waals surface area contributed by atoms with Crippen LogP contribution in [0.2, 0.25) is 0 Å². The van der Waals surface area contributed by atoms with Crippen LogP contribution in [0.3, 0.4) is 0 Å². The van der Waals surface area contributed by atoms with Gasteiger partial charge in [0.1, 0.15) is 0 Å². The number of rotatable bonds is 0. The largest absolute Gasteiger partial charge is 0.354 e. The van der Waals surface area contributed by atoms with E-state index in [1.54, 1.807) is 0 Å². The summed E-state index contributed by atoms with van der Waals surface area (Å²) in [5, 5.41) is 8.89. The van der Waals surface area contributed by atoms with Gasteiger partial charge in [0.15, 0.2) is 0 Å². The molecular formula is C18H11NS. The van der Waals surface area contributed by atoms with E-state index in [4.69, 9.17) is 0 Å². The van der Waals surface area contributed by atoms with Gasteiger partial charge in [-0.25, -0.2) is 0 Å². The van der Waals surface area contributed by atoms with Gasteiger partial charge in [-0.05, 0) is 22.9 Å². The molecule has 0 aliphatic heterocycles. The molecule has 0 saturated heterocycles. The second-order valence-corrected chi connectivity index (χ2v) is 6.05. The van der Waals surface area contributed by atoms with Gasteiger partial charge in [-0.15, -0.1) is 11.3 Å². The number of fused-ring (bicyclic) bond motifs is 8. The van der Waals surface area contributed by atoms with Crippen LogP contribution in [0.1, 0.15) is 0 Å². The Morgan fingerprint density at radius 2 is 1.45 bits per heavy atom. The molecule has 0 aliphatic carbocycles. The quantitative estimate of drug-likeness (QED) is 0.373. The first-order valence-corrected chi connectivity index (χ1v) is 7.60. The van der Waals surface area contributed by atoms with Crippen molar-refractivity contribution in [3.63, 3.8) is 0 Å². The lowest BCUT2D eigenvalue weighted by molar-refractivity contribution is 1.57. The second-order valence-electron chi connectivity index (χ2n) is 5.13. The molecule has 0 aliphatic rings. The Hall–Kier alpha value is -2.32. The summed E-state index contributed by atoms with van der Waals surface area (Å²) in [4.78, 5) is 3.61. The minimum atomic E-state index is 1.22. The summed E-state index contributed by atoms with van der Waals surface area (Å²) in [6.07, 6.45) is 0. The molecule has 0 amide bonds. The molecule has 0 spiro atoms. The third-order valence-corrected chi connectivity index (χ3v) is 5.02. The van der Waals surface area contributed by atoms with E-state index in [0.29, 0.717) is 0 Å². The number of aromatic nitrogens is 1. The smallest absolute Gasteiger partial charge is 0.0559 e. The second kappa shape index (κ2) is 3.62. The van der Waals surface area contributed by atoms with Crippen LogP contribution in [0.4, 0.5) is 0 Å². The molecule has 0 atom stereocenters. The number of H-pyrrole nitrogens is 1. The third-order valence-electron chi connectivity index (χ3n) is 4.08. The highest BCUT2D eigenvalue weighted by molar-refractivity contribution is 7.18. The zero-order valence-corrected chi connectivity index (χ0v) is 11.5. The van der Waals surface area contributed by atoms with Gasteiger partial charge in [-0.3, -0.25) is 0 Å². The van der Waals surface area contributed by atoms with Crippen molar-refractivity contribution in [2.75, 3.05) is 0 Å². The normalized spacial score (nSPS) is 12.0. The summed E-state index contributed by atoms with van der Waals surface area (Å²) in [5.41, 5.74) is 2.48. The third kappa shape index (κ3) is 1.17. The minimum Gasteiger partial charge on any atom is -0.354 e. The molecule has 20 heavy (non-hydrogen) atoms. The number of aromatic amines is 1. The van der Waals surface area contributed by atoms with Gasteiger partial charge in [0.2, 0.25) is 0 Å². The number of benzene rings is 3. The predicted molar refractivity (Wildman–Crippen MR) is 88.7 cm³/mol. The zero-order chi connectivity index (χ0) is 13.1. The van der Waals surface area contributed by atoms with Crippen LogP contribution in [0.15, 0.2) is 60.0 Å². The van der Waals surface area contributed by atoms with E-state index < -0.39 is 0 Å². The van der Waals surface area contributed by atoms with Crippen molar-refractivity contribution >= 4 is 54.0 Å². The highest BCUT2D eigenvalue weighted by atomic mass is 32.1. The number of hydrogen-bond acceptors (Lipinski definition) is 1. The summed E-state index contributed by atoms with van der Waals surface area (Å²) in [6.45, 7) is 0. The molecule has 2 aromatic heterocycles. The van der Waals surface area contributed by atoms with Gasteiger partial charge in [0.05, 0.1) is 5.52 Å². The molecule has 1 N–H and O–H groups in total. The molecule has 2 heteroatoms. The van der Waals surface area contributed by atoms with Crippen LogP contribution in [0.5, 0.6) is 0 Å². The maximum Gasteiger partial charge on any atom is 0.0559 e. The average Bonchev–Trinajstić information content (AvgIpc) is 3.11. The molecular weight excluding hydrogens is 262 g/mol. The Labute approximate surface area is 119 Å². The van der Waals surface area contributed by atoms with Crippen molar-refractivity contribution in [1.82, 2.24) is 4.98 Å². The Morgan fingerprint density at radius 1 is 0.700 bits per heavy atom. The molecule has 0 unspecified atom stereocenters. The highest BCUT2D eigenvalue weighted by Gasteiger charge is 2.13. The Kier molecular flexibility index (Phi) is 1.89. The first kappa shape index (κ1) is 10.5. The summed E-state index contributed by atoms with van der Waals surface area (Å²) in [6, 6.07) is 19.5. The highest BCUT2D eigenvalue weighted by Crippen LogP contribution is 2.40. The Morgan fingerprint density at radius 3 is 2.35 bits per heavy atom. The zero-order valence-electron chi connectivity index (χ0n) is 10.7. The number of nitrogens with one attached hydrogen (secondary N) is 1. The minimum absolute atomic E-state index is 1.22. The summed E-state index contributed by atoms with van der Waals surface area (Å²) in [5.74, 6) is 0. The van der Waals surface area contributed by atoms with Crippen molar-refractivity contribution in [2.24, 2.45) is 0 Å². The molecule has 2 heterocycles. The fourth-order valence-electron chi connectivity index (χ4n) is 3.23. The van der Waals surface area contributed by atoms with Crippen LogP contribution < -0.4 is 0 Å².